The van der Waals surface area contributed by atoms with Gasteiger partial charge in [0.2, 0.25) is 0 Å². The van der Waals surface area contributed by atoms with Crippen molar-refractivity contribution in [2.45, 2.75) is 0 Å². The van der Waals surface area contributed by atoms with Crippen LogP contribution >= 0.6 is 38.9 Å². The third-order valence-corrected chi connectivity index (χ3v) is 3.78. The van der Waals surface area contributed by atoms with Gasteiger partial charge in [0.15, 0.2) is 0 Å². The maximum atomic E-state index is 11.8. The fraction of sp³-hybridized carbons (Fsp3) is 0. The Hall–Kier alpha value is -1.04. The predicted molar refractivity (Wildman–Crippen MR) is 75.8 cm³/mol. The highest BCUT2D eigenvalue weighted by molar-refractivity contribution is 9.10. The number of nitrogen functional groups attached to an aromatic ring is 1. The lowest BCUT2D eigenvalue weighted by atomic mass is 10.2. The molecule has 0 atom stereocenters. The molecule has 2 aromatic rings. The van der Waals surface area contributed by atoms with Crippen molar-refractivity contribution in [3.63, 3.8) is 0 Å². The van der Waals surface area contributed by atoms with E-state index in [1.54, 1.807) is 24.3 Å². The molecule has 1 heterocycles. The zero-order chi connectivity index (χ0) is 12.4. The Morgan fingerprint density at radius 2 is 2.12 bits per heavy atom. The highest BCUT2D eigenvalue weighted by atomic mass is 79.9. The van der Waals surface area contributed by atoms with Crippen LogP contribution in [-0.2, 0) is 0 Å². The van der Waals surface area contributed by atoms with Gasteiger partial charge < -0.3 is 11.1 Å². The van der Waals surface area contributed by atoms with E-state index in [-0.39, 0.29) is 5.91 Å². The molecule has 2 rings (SSSR count). The average Bonchev–Trinajstić information content (AvgIpc) is 2.69. The van der Waals surface area contributed by atoms with Crippen molar-refractivity contribution in [2.75, 3.05) is 11.1 Å². The van der Waals surface area contributed by atoms with Crippen LogP contribution < -0.4 is 11.1 Å². The number of thiophene rings is 1. The number of hydrogen-bond acceptors (Lipinski definition) is 3. The van der Waals surface area contributed by atoms with Gasteiger partial charge in [0.1, 0.15) is 0 Å². The Morgan fingerprint density at radius 1 is 1.35 bits per heavy atom. The molecule has 0 saturated carbocycles. The molecule has 88 valence electrons. The van der Waals surface area contributed by atoms with E-state index in [1.165, 1.54) is 11.3 Å². The van der Waals surface area contributed by atoms with Gasteiger partial charge in [-0.05, 0) is 30.3 Å². The topological polar surface area (TPSA) is 55.1 Å². The molecule has 0 bridgehead atoms. The van der Waals surface area contributed by atoms with Crippen molar-refractivity contribution in [1.82, 2.24) is 0 Å². The Kier molecular flexibility index (Phi) is 3.71. The van der Waals surface area contributed by atoms with Crippen molar-refractivity contribution in [1.29, 1.82) is 0 Å². The van der Waals surface area contributed by atoms with Crippen molar-refractivity contribution < 1.29 is 4.79 Å². The molecular formula is C11H8BrClN2OS. The van der Waals surface area contributed by atoms with E-state index in [1.807, 2.05) is 6.07 Å². The van der Waals surface area contributed by atoms with Crippen LogP contribution in [0, 0.1) is 0 Å². The number of nitrogens with one attached hydrogen (secondary N) is 1. The predicted octanol–water partition coefficient (Wildman–Crippen LogP) is 4.00. The second-order valence-electron chi connectivity index (χ2n) is 3.29. The fourth-order valence-electron chi connectivity index (χ4n) is 1.27. The van der Waals surface area contributed by atoms with Crippen molar-refractivity contribution >= 4 is 56.1 Å². The van der Waals surface area contributed by atoms with E-state index >= 15 is 0 Å². The minimum absolute atomic E-state index is 0.212. The molecule has 0 saturated heterocycles. The molecule has 0 aliphatic rings. The van der Waals surface area contributed by atoms with Gasteiger partial charge in [-0.15, -0.1) is 11.3 Å². The van der Waals surface area contributed by atoms with Gasteiger partial charge >= 0.3 is 0 Å². The Morgan fingerprint density at radius 3 is 2.71 bits per heavy atom. The van der Waals surface area contributed by atoms with Crippen molar-refractivity contribution in [3.05, 3.63) is 44.0 Å². The molecule has 3 nitrogen and oxygen atoms in total. The molecule has 0 aliphatic carbocycles. The lowest BCUT2D eigenvalue weighted by molar-refractivity contribution is 0.103. The first kappa shape index (κ1) is 12.4. The van der Waals surface area contributed by atoms with E-state index in [0.717, 1.165) is 4.47 Å². The van der Waals surface area contributed by atoms with E-state index in [9.17, 15) is 4.79 Å². The summed E-state index contributed by atoms with van der Waals surface area (Å²) < 4.78 is 1.45. The SMILES string of the molecule is Nc1cc(Br)ccc1NC(=O)c1ccc(Cl)s1. The van der Waals surface area contributed by atoms with Crippen LogP contribution in [0.2, 0.25) is 4.34 Å². The Labute approximate surface area is 116 Å². The minimum atomic E-state index is -0.212. The van der Waals surface area contributed by atoms with E-state index in [2.05, 4.69) is 21.2 Å². The summed E-state index contributed by atoms with van der Waals surface area (Å²) in [5.41, 5.74) is 6.88. The zero-order valence-electron chi connectivity index (χ0n) is 8.54. The molecule has 1 aromatic carbocycles. The Bertz CT molecular complexity index is 570. The summed E-state index contributed by atoms with van der Waals surface area (Å²) in [4.78, 5) is 12.4. The third kappa shape index (κ3) is 3.00. The van der Waals surface area contributed by atoms with Crippen LogP contribution in [0.15, 0.2) is 34.8 Å². The van der Waals surface area contributed by atoms with Gasteiger partial charge in [0.25, 0.3) is 5.91 Å². The quantitative estimate of drug-likeness (QED) is 0.817. The number of rotatable bonds is 2. The molecule has 0 spiro atoms. The number of halogens is 2. The number of nitrogens with two attached hydrogens (primary N) is 1. The van der Waals surface area contributed by atoms with E-state index in [0.29, 0.717) is 20.6 Å². The molecule has 17 heavy (non-hydrogen) atoms. The molecule has 0 unspecified atom stereocenters. The van der Waals surface area contributed by atoms with Crippen LogP contribution in [0.5, 0.6) is 0 Å². The number of carbonyl (C=O) groups is 1. The summed E-state index contributed by atoms with van der Waals surface area (Å²) in [5.74, 6) is -0.212. The van der Waals surface area contributed by atoms with Gasteiger partial charge in [-0.25, -0.2) is 0 Å². The van der Waals surface area contributed by atoms with Crippen LogP contribution in [0.1, 0.15) is 9.67 Å². The largest absolute Gasteiger partial charge is 0.397 e. The third-order valence-electron chi connectivity index (χ3n) is 2.06. The van der Waals surface area contributed by atoms with Crippen LogP contribution in [0.4, 0.5) is 11.4 Å². The van der Waals surface area contributed by atoms with E-state index in [4.69, 9.17) is 17.3 Å². The number of hydrogen-bond donors (Lipinski definition) is 2. The molecular weight excluding hydrogens is 324 g/mol. The summed E-state index contributed by atoms with van der Waals surface area (Å²) in [6.07, 6.45) is 0. The van der Waals surface area contributed by atoms with Crippen LogP contribution in [-0.4, -0.2) is 5.91 Å². The first-order chi connectivity index (χ1) is 8.06. The molecule has 0 radical (unpaired) electrons. The zero-order valence-corrected chi connectivity index (χ0v) is 11.7. The molecule has 0 aliphatic heterocycles. The van der Waals surface area contributed by atoms with Crippen molar-refractivity contribution in [2.24, 2.45) is 0 Å². The first-order valence-electron chi connectivity index (χ1n) is 4.68. The minimum Gasteiger partial charge on any atom is -0.397 e. The normalized spacial score (nSPS) is 10.2. The maximum absolute atomic E-state index is 11.8. The van der Waals surface area contributed by atoms with Crippen LogP contribution in [0.25, 0.3) is 0 Å². The van der Waals surface area contributed by atoms with Gasteiger partial charge in [-0.3, -0.25) is 4.79 Å². The summed E-state index contributed by atoms with van der Waals surface area (Å²) in [7, 11) is 0. The van der Waals surface area contributed by atoms with Gasteiger partial charge in [-0.1, -0.05) is 27.5 Å². The number of anilines is 2. The molecule has 6 heteroatoms. The number of amides is 1. The van der Waals surface area contributed by atoms with Crippen molar-refractivity contribution in [3.8, 4) is 0 Å². The molecule has 1 aromatic heterocycles. The fourth-order valence-corrected chi connectivity index (χ4v) is 2.58. The average molecular weight is 332 g/mol. The molecule has 0 fully saturated rings. The van der Waals surface area contributed by atoms with Crippen LogP contribution in [0.3, 0.4) is 0 Å². The lowest BCUT2D eigenvalue weighted by Crippen LogP contribution is -2.11. The highest BCUT2D eigenvalue weighted by Crippen LogP contribution is 2.26. The molecule has 3 N–H and O–H groups in total. The Balaban J connectivity index is 2.18. The van der Waals surface area contributed by atoms with E-state index < -0.39 is 0 Å². The summed E-state index contributed by atoms with van der Waals surface area (Å²) in [6.45, 7) is 0. The van der Waals surface area contributed by atoms with Gasteiger partial charge in [0, 0.05) is 4.47 Å². The summed E-state index contributed by atoms with van der Waals surface area (Å²) in [5, 5.41) is 2.73. The first-order valence-corrected chi connectivity index (χ1v) is 6.67. The lowest BCUT2D eigenvalue weighted by Gasteiger charge is -2.07. The smallest absolute Gasteiger partial charge is 0.265 e. The van der Waals surface area contributed by atoms with Gasteiger partial charge in [0.05, 0.1) is 20.6 Å². The highest BCUT2D eigenvalue weighted by Gasteiger charge is 2.10. The maximum Gasteiger partial charge on any atom is 0.265 e. The second kappa shape index (κ2) is 5.08. The number of carbonyl (C=O) groups excluding carboxylic acids is 1. The monoisotopic (exact) mass is 330 g/mol. The second-order valence-corrected chi connectivity index (χ2v) is 5.92. The molecule has 1 amide bonds. The summed E-state index contributed by atoms with van der Waals surface area (Å²) >= 11 is 10.3. The van der Waals surface area contributed by atoms with Gasteiger partial charge in [-0.2, -0.15) is 0 Å². The standard InChI is InChI=1S/C11H8BrClN2OS/c12-6-1-2-8(7(14)5-6)15-11(16)9-3-4-10(13)17-9/h1-5H,14H2,(H,15,16). The summed E-state index contributed by atoms with van der Waals surface area (Å²) in [6, 6.07) is 8.65. The number of benzene rings is 1.